The Hall–Kier alpha value is -6.00. The topological polar surface area (TPSA) is 3.24 Å². The van der Waals surface area contributed by atoms with Gasteiger partial charge in [0.1, 0.15) is 0 Å². The molecule has 9 aromatic rings. The van der Waals surface area contributed by atoms with Crippen molar-refractivity contribution in [1.29, 1.82) is 0 Å². The normalized spacial score (nSPS) is 11.3. The summed E-state index contributed by atoms with van der Waals surface area (Å²) in [5.41, 5.74) is 5.91. The maximum absolute atomic E-state index is 2.62. The summed E-state index contributed by atoms with van der Waals surface area (Å²) in [6.07, 6.45) is 0. The van der Waals surface area contributed by atoms with Gasteiger partial charge in [-0.05, 0) is 74.3 Å². The van der Waals surface area contributed by atoms with Gasteiger partial charge in [0, 0.05) is 37.2 Å². The summed E-state index contributed by atoms with van der Waals surface area (Å²) in [5, 5.41) is 8.09. The van der Waals surface area contributed by atoms with Crippen LogP contribution in [0.4, 0.5) is 17.1 Å². The quantitative estimate of drug-likeness (QED) is 0.113. The highest BCUT2D eigenvalue weighted by molar-refractivity contribution is 7.26. The van der Waals surface area contributed by atoms with Gasteiger partial charge in [0.2, 0.25) is 0 Å². The van der Waals surface area contributed by atoms with E-state index in [1.807, 2.05) is 11.3 Å². The highest BCUT2D eigenvalue weighted by Crippen LogP contribution is 2.41. The number of rotatable bonds is 8. The van der Waals surface area contributed by atoms with E-state index in [4.69, 9.17) is 0 Å². The minimum atomic E-state index is -2.62. The number of nitrogens with zero attached hydrogens (tertiary/aromatic N) is 1. The number of benzene rings is 8. The zero-order valence-corrected chi connectivity index (χ0v) is 29.9. The van der Waals surface area contributed by atoms with Crippen molar-refractivity contribution in [2.45, 2.75) is 7.43 Å². The first kappa shape index (κ1) is 33.2. The van der Waals surface area contributed by atoms with Crippen molar-refractivity contribution >= 4 is 77.4 Å². The van der Waals surface area contributed by atoms with Crippen molar-refractivity contribution in [3.05, 3.63) is 212 Å². The zero-order chi connectivity index (χ0) is 34.0. The van der Waals surface area contributed by atoms with Gasteiger partial charge in [-0.15, -0.1) is 11.3 Å². The first-order valence-electron chi connectivity index (χ1n) is 17.4. The van der Waals surface area contributed by atoms with Crippen molar-refractivity contribution < 1.29 is 0 Å². The van der Waals surface area contributed by atoms with Gasteiger partial charge in [0.05, 0.1) is 0 Å². The van der Waals surface area contributed by atoms with E-state index in [2.05, 4.69) is 217 Å². The average molecular weight is 702 g/mol. The minimum absolute atomic E-state index is 0. The van der Waals surface area contributed by atoms with Gasteiger partial charge in [-0.2, -0.15) is 0 Å². The third kappa shape index (κ3) is 5.84. The zero-order valence-electron chi connectivity index (χ0n) is 28.1. The molecule has 52 heavy (non-hydrogen) atoms. The third-order valence-electron chi connectivity index (χ3n) is 10.0. The highest BCUT2D eigenvalue weighted by Gasteiger charge is 2.41. The lowest BCUT2D eigenvalue weighted by Crippen LogP contribution is -2.74. The van der Waals surface area contributed by atoms with Crippen LogP contribution in [-0.2, 0) is 0 Å². The van der Waals surface area contributed by atoms with Gasteiger partial charge in [0.15, 0.2) is 8.07 Å². The largest absolute Gasteiger partial charge is 0.310 e. The van der Waals surface area contributed by atoms with Crippen LogP contribution in [0, 0.1) is 0 Å². The summed E-state index contributed by atoms with van der Waals surface area (Å²) in [6, 6.07) is 78.0. The molecule has 0 atom stereocenters. The molecule has 0 saturated heterocycles. The van der Waals surface area contributed by atoms with Gasteiger partial charge in [-0.3, -0.25) is 0 Å². The van der Waals surface area contributed by atoms with Crippen LogP contribution in [0.1, 0.15) is 7.43 Å². The molecule has 1 heterocycles. The van der Waals surface area contributed by atoms with Crippen molar-refractivity contribution in [3.8, 4) is 11.1 Å². The second-order valence-electron chi connectivity index (χ2n) is 12.9. The molecule has 0 radical (unpaired) electrons. The smallest absolute Gasteiger partial charge is 0.179 e. The summed E-state index contributed by atoms with van der Waals surface area (Å²) in [5.74, 6) is 0. The molecule has 0 aliphatic rings. The van der Waals surface area contributed by atoms with Crippen LogP contribution in [0.15, 0.2) is 212 Å². The van der Waals surface area contributed by atoms with Crippen molar-refractivity contribution in [2.75, 3.05) is 4.90 Å². The fraction of sp³-hybridized carbons (Fsp3) is 0.0204. The van der Waals surface area contributed by atoms with E-state index in [9.17, 15) is 0 Å². The summed E-state index contributed by atoms with van der Waals surface area (Å²) < 4.78 is 2.59. The molecule has 0 saturated carbocycles. The molecule has 250 valence electrons. The molecule has 0 aliphatic heterocycles. The molecule has 3 heteroatoms. The first-order chi connectivity index (χ1) is 25.3. The van der Waals surface area contributed by atoms with Crippen LogP contribution >= 0.6 is 11.3 Å². The maximum Gasteiger partial charge on any atom is 0.179 e. The van der Waals surface area contributed by atoms with Crippen molar-refractivity contribution in [2.24, 2.45) is 0 Å². The summed E-state index contributed by atoms with van der Waals surface area (Å²) in [6.45, 7) is 0. The second kappa shape index (κ2) is 14.3. The number of anilines is 3. The fourth-order valence-corrected chi connectivity index (χ4v) is 13.6. The Bertz CT molecular complexity index is 2450. The molecular formula is C49H39NSSi. The van der Waals surface area contributed by atoms with Crippen LogP contribution in [0.3, 0.4) is 0 Å². The number of fused-ring (bicyclic) bond motifs is 3. The molecule has 0 aliphatic carbocycles. The summed E-state index contributed by atoms with van der Waals surface area (Å²) in [4.78, 5) is 2.39. The van der Waals surface area contributed by atoms with E-state index < -0.39 is 8.07 Å². The van der Waals surface area contributed by atoms with Gasteiger partial charge in [-0.1, -0.05) is 177 Å². The van der Waals surface area contributed by atoms with Crippen LogP contribution < -0.4 is 25.6 Å². The number of hydrogen-bond donors (Lipinski definition) is 0. The Morgan fingerprint density at radius 3 is 1.27 bits per heavy atom. The average Bonchev–Trinajstić information content (AvgIpc) is 3.58. The molecule has 0 bridgehead atoms. The molecule has 9 rings (SSSR count). The number of hydrogen-bond acceptors (Lipinski definition) is 2. The molecule has 1 nitrogen and oxygen atoms in total. The lowest BCUT2D eigenvalue weighted by atomic mass is 10.0. The van der Waals surface area contributed by atoms with E-state index in [0.29, 0.717) is 0 Å². The molecule has 0 spiro atoms. The van der Waals surface area contributed by atoms with E-state index >= 15 is 0 Å². The molecule has 0 amide bonds. The molecule has 8 aromatic carbocycles. The minimum Gasteiger partial charge on any atom is -0.310 e. The van der Waals surface area contributed by atoms with Crippen molar-refractivity contribution in [3.63, 3.8) is 0 Å². The Morgan fingerprint density at radius 1 is 0.327 bits per heavy atom. The molecule has 1 aromatic heterocycles. The molecule has 0 fully saturated rings. The standard InChI is InChI=1S/C48H35NSSi.CH4/c1-6-16-36(17-7-1)37-26-32-45-46-33-29-40(35-48(46)50-47(45)34-37)49(38-18-8-2-9-19-38)39-27-30-44(31-28-39)51(41-20-10-3-11-21-41,42-22-12-4-13-23-42)43-24-14-5-15-25-43;/h1-35H;1H4. The summed E-state index contributed by atoms with van der Waals surface area (Å²) >= 11 is 1.87. The number of thiophene rings is 1. The first-order valence-corrected chi connectivity index (χ1v) is 20.2. The van der Waals surface area contributed by atoms with E-state index in [1.165, 1.54) is 52.0 Å². The van der Waals surface area contributed by atoms with Crippen LogP contribution in [0.2, 0.25) is 0 Å². The van der Waals surface area contributed by atoms with E-state index in [0.717, 1.165) is 17.1 Å². The second-order valence-corrected chi connectivity index (χ2v) is 17.8. The summed E-state index contributed by atoms with van der Waals surface area (Å²) in [7, 11) is -2.62. The highest BCUT2D eigenvalue weighted by atomic mass is 32.1. The van der Waals surface area contributed by atoms with Gasteiger partial charge in [-0.25, -0.2) is 0 Å². The van der Waals surface area contributed by atoms with Crippen molar-refractivity contribution in [1.82, 2.24) is 0 Å². The Labute approximate surface area is 311 Å². The Morgan fingerprint density at radius 2 is 0.731 bits per heavy atom. The monoisotopic (exact) mass is 701 g/mol. The van der Waals surface area contributed by atoms with Gasteiger partial charge in [0.25, 0.3) is 0 Å². The Balaban J connectivity index is 0.00000387. The molecular weight excluding hydrogens is 663 g/mol. The van der Waals surface area contributed by atoms with Gasteiger partial charge >= 0.3 is 0 Å². The van der Waals surface area contributed by atoms with E-state index in [-0.39, 0.29) is 7.43 Å². The lowest BCUT2D eigenvalue weighted by Gasteiger charge is -2.35. The molecule has 0 N–H and O–H groups in total. The predicted molar refractivity (Wildman–Crippen MR) is 230 cm³/mol. The maximum atomic E-state index is 2.39. The third-order valence-corrected chi connectivity index (χ3v) is 15.9. The van der Waals surface area contributed by atoms with Crippen LogP contribution in [0.5, 0.6) is 0 Å². The molecule has 0 unspecified atom stereocenters. The predicted octanol–water partition coefficient (Wildman–Crippen LogP) is 11.2. The van der Waals surface area contributed by atoms with Crippen LogP contribution in [-0.4, -0.2) is 8.07 Å². The lowest BCUT2D eigenvalue weighted by molar-refractivity contribution is 1.29. The number of para-hydroxylation sites is 1. The van der Waals surface area contributed by atoms with Gasteiger partial charge < -0.3 is 4.90 Å². The fourth-order valence-electron chi connectivity index (χ4n) is 7.66. The Kier molecular flexibility index (Phi) is 9.13. The van der Waals surface area contributed by atoms with Crippen LogP contribution in [0.25, 0.3) is 31.3 Å². The SMILES string of the molecule is C.c1ccc(-c2ccc3c(c2)sc2cc(N(c4ccccc4)c4ccc([Si](c5ccccc5)(c5ccccc5)c5ccccc5)cc4)ccc23)cc1. The van der Waals surface area contributed by atoms with E-state index in [1.54, 1.807) is 0 Å².